The topological polar surface area (TPSA) is 115 Å². The number of nitrogens with one attached hydrogen (secondary N) is 1. The highest BCUT2D eigenvalue weighted by atomic mass is 32.2. The van der Waals surface area contributed by atoms with Crippen LogP contribution in [0.3, 0.4) is 0 Å². The van der Waals surface area contributed by atoms with Crippen molar-refractivity contribution in [2.75, 3.05) is 18.4 Å². The minimum atomic E-state index is -1.02. The lowest BCUT2D eigenvalue weighted by Crippen LogP contribution is -2.30. The van der Waals surface area contributed by atoms with Gasteiger partial charge in [-0.1, -0.05) is 54.3 Å². The molecule has 0 bridgehead atoms. The third-order valence-corrected chi connectivity index (χ3v) is 6.82. The zero-order valence-electron chi connectivity index (χ0n) is 18.8. The van der Waals surface area contributed by atoms with Gasteiger partial charge in [-0.15, -0.1) is 0 Å². The van der Waals surface area contributed by atoms with E-state index < -0.39 is 17.4 Å². The first-order valence-corrected chi connectivity index (χ1v) is 11.9. The number of carbonyl (C=O) groups is 2. The number of hydrogen-bond donors (Lipinski definition) is 2. The van der Waals surface area contributed by atoms with Crippen LogP contribution in [0.15, 0.2) is 40.0 Å². The van der Waals surface area contributed by atoms with E-state index in [1.165, 1.54) is 9.47 Å². The van der Waals surface area contributed by atoms with Crippen LogP contribution in [0.4, 0.5) is 5.82 Å². The van der Waals surface area contributed by atoms with Gasteiger partial charge in [0, 0.05) is 25.2 Å². The van der Waals surface area contributed by atoms with E-state index in [2.05, 4.69) is 5.32 Å². The van der Waals surface area contributed by atoms with Gasteiger partial charge in [0.15, 0.2) is 0 Å². The average molecular weight is 497 g/mol. The first-order chi connectivity index (χ1) is 16.3. The molecule has 0 atom stereocenters. The molecule has 10 heteroatoms. The maximum atomic E-state index is 12.9. The lowest BCUT2D eigenvalue weighted by molar-refractivity contribution is -0.137. The van der Waals surface area contributed by atoms with Crippen molar-refractivity contribution in [2.24, 2.45) is 0 Å². The monoisotopic (exact) mass is 496 g/mol. The van der Waals surface area contributed by atoms with E-state index in [0.29, 0.717) is 41.4 Å². The van der Waals surface area contributed by atoms with E-state index >= 15 is 0 Å². The molecule has 0 aliphatic carbocycles. The molecule has 3 rings (SSSR count). The van der Waals surface area contributed by atoms with Gasteiger partial charge >= 0.3 is 5.97 Å². The first-order valence-electron chi connectivity index (χ1n) is 10.7. The molecular weight excluding hydrogens is 472 g/mol. The third kappa shape index (κ3) is 5.38. The summed E-state index contributed by atoms with van der Waals surface area (Å²) >= 11 is 6.36. The summed E-state index contributed by atoms with van der Waals surface area (Å²) in [5, 5.41) is 21.9. The van der Waals surface area contributed by atoms with Crippen molar-refractivity contribution >= 4 is 52.1 Å². The number of anilines is 1. The minimum absolute atomic E-state index is 0.0167. The molecule has 0 radical (unpaired) electrons. The second-order valence-corrected chi connectivity index (χ2v) is 9.24. The maximum Gasteiger partial charge on any atom is 0.305 e. The van der Waals surface area contributed by atoms with Gasteiger partial charge < -0.3 is 10.4 Å². The van der Waals surface area contributed by atoms with E-state index in [1.54, 1.807) is 13.0 Å². The number of nitrogens with zero attached hydrogens (tertiary/aromatic N) is 3. The standard InChI is InChI=1S/C24H24N4O4S2/c1-3-27-21(26-11-9-16-7-5-4-6-8-16)17(15(2)18(14-25)22(27)31)13-19-23(32)28(24(33)34-19)12-10-20(29)30/h4-8,13,26H,3,9-12H2,1-2H3,(H,29,30)/b19-13+. The highest BCUT2D eigenvalue weighted by Crippen LogP contribution is 2.35. The zero-order valence-corrected chi connectivity index (χ0v) is 20.5. The molecule has 1 amide bonds. The fourth-order valence-electron chi connectivity index (χ4n) is 3.66. The Kier molecular flexibility index (Phi) is 8.26. The number of carboxylic acid groups (broad SMARTS) is 1. The molecule has 1 fully saturated rings. The quantitative estimate of drug-likeness (QED) is 0.401. The number of thioether (sulfide) groups is 1. The maximum absolute atomic E-state index is 12.9. The van der Waals surface area contributed by atoms with Crippen molar-refractivity contribution in [1.29, 1.82) is 5.26 Å². The van der Waals surface area contributed by atoms with Crippen molar-refractivity contribution in [1.82, 2.24) is 9.47 Å². The molecule has 2 aromatic rings. The van der Waals surface area contributed by atoms with Crippen molar-refractivity contribution in [2.45, 2.75) is 33.2 Å². The summed E-state index contributed by atoms with van der Waals surface area (Å²) in [6, 6.07) is 11.9. The number of nitriles is 1. The van der Waals surface area contributed by atoms with Crippen LogP contribution in [0, 0.1) is 18.3 Å². The summed E-state index contributed by atoms with van der Waals surface area (Å²) < 4.78 is 1.77. The third-order valence-electron chi connectivity index (χ3n) is 5.44. The van der Waals surface area contributed by atoms with Gasteiger partial charge in [-0.25, -0.2) is 0 Å². The number of thiocarbonyl (C=S) groups is 1. The number of aromatic nitrogens is 1. The van der Waals surface area contributed by atoms with E-state index in [4.69, 9.17) is 17.3 Å². The number of rotatable bonds is 9. The van der Waals surface area contributed by atoms with Crippen LogP contribution in [0.5, 0.6) is 0 Å². The molecule has 1 aromatic heterocycles. The lowest BCUT2D eigenvalue weighted by Gasteiger charge is -2.19. The lowest BCUT2D eigenvalue weighted by atomic mass is 10.0. The van der Waals surface area contributed by atoms with Gasteiger partial charge in [0.2, 0.25) is 0 Å². The van der Waals surface area contributed by atoms with Crippen molar-refractivity contribution in [3.63, 3.8) is 0 Å². The molecular formula is C24H24N4O4S2. The van der Waals surface area contributed by atoms with Gasteiger partial charge in [-0.3, -0.25) is 23.9 Å². The van der Waals surface area contributed by atoms with Crippen LogP contribution in [-0.2, 0) is 22.6 Å². The zero-order chi connectivity index (χ0) is 24.8. The molecule has 0 saturated carbocycles. The normalized spacial score (nSPS) is 14.5. The Morgan fingerprint density at radius 3 is 2.62 bits per heavy atom. The van der Waals surface area contributed by atoms with E-state index in [-0.39, 0.29) is 22.8 Å². The van der Waals surface area contributed by atoms with Gasteiger partial charge in [0.05, 0.1) is 11.3 Å². The summed E-state index contributed by atoms with van der Waals surface area (Å²) in [5.74, 6) is -0.887. The smallest absolute Gasteiger partial charge is 0.305 e. The SMILES string of the molecule is CCn1c(NCCc2ccccc2)c(/C=C2/SC(=S)N(CCC(=O)O)C2=O)c(C)c(C#N)c1=O. The number of carbonyl (C=O) groups excluding carboxylic acids is 1. The van der Waals surface area contributed by atoms with Crippen LogP contribution in [0.25, 0.3) is 6.08 Å². The summed E-state index contributed by atoms with van der Waals surface area (Å²) in [7, 11) is 0. The number of aliphatic carboxylic acids is 1. The number of hydrogen-bond acceptors (Lipinski definition) is 7. The van der Waals surface area contributed by atoms with Gasteiger partial charge in [-0.2, -0.15) is 5.26 Å². The summed E-state index contributed by atoms with van der Waals surface area (Å²) in [6.45, 7) is 4.35. The minimum Gasteiger partial charge on any atom is -0.481 e. The highest BCUT2D eigenvalue weighted by Gasteiger charge is 2.33. The molecule has 0 unspecified atom stereocenters. The predicted octanol–water partition coefficient (Wildman–Crippen LogP) is 3.38. The largest absolute Gasteiger partial charge is 0.481 e. The molecule has 1 aliphatic rings. The van der Waals surface area contributed by atoms with Crippen LogP contribution < -0.4 is 10.9 Å². The molecule has 1 saturated heterocycles. The van der Waals surface area contributed by atoms with E-state index in [9.17, 15) is 19.6 Å². The summed E-state index contributed by atoms with van der Waals surface area (Å²) in [4.78, 5) is 38.4. The number of carboxylic acids is 1. The Morgan fingerprint density at radius 2 is 2.00 bits per heavy atom. The molecule has 176 valence electrons. The molecule has 2 heterocycles. The molecule has 8 nitrogen and oxygen atoms in total. The van der Waals surface area contributed by atoms with Crippen LogP contribution >= 0.6 is 24.0 Å². The van der Waals surface area contributed by atoms with Crippen molar-refractivity contribution < 1.29 is 14.7 Å². The summed E-state index contributed by atoms with van der Waals surface area (Å²) in [5.41, 5.74) is 1.78. The Bertz CT molecular complexity index is 1260. The van der Waals surface area contributed by atoms with Crippen LogP contribution in [-0.4, -0.2) is 43.9 Å². The summed E-state index contributed by atoms with van der Waals surface area (Å²) in [6.07, 6.45) is 2.13. The predicted molar refractivity (Wildman–Crippen MR) is 137 cm³/mol. The van der Waals surface area contributed by atoms with E-state index in [0.717, 1.165) is 17.3 Å². The molecule has 34 heavy (non-hydrogen) atoms. The fourth-order valence-corrected chi connectivity index (χ4v) is 4.95. The molecule has 1 aliphatic heterocycles. The van der Waals surface area contributed by atoms with Gasteiger partial charge in [0.1, 0.15) is 21.8 Å². The second-order valence-electron chi connectivity index (χ2n) is 7.56. The number of amides is 1. The van der Waals surface area contributed by atoms with Crippen molar-refractivity contribution in [3.8, 4) is 6.07 Å². The molecule has 0 spiro atoms. The van der Waals surface area contributed by atoms with Crippen molar-refractivity contribution in [3.05, 3.63) is 67.8 Å². The first kappa shape index (κ1) is 25.2. The number of benzene rings is 1. The van der Waals surface area contributed by atoms with Gasteiger partial charge in [0.25, 0.3) is 11.5 Å². The Morgan fingerprint density at radius 1 is 1.29 bits per heavy atom. The average Bonchev–Trinajstić information content (AvgIpc) is 3.08. The Balaban J connectivity index is 2.02. The second kappa shape index (κ2) is 11.1. The Labute approximate surface area is 206 Å². The molecule has 1 aromatic carbocycles. The van der Waals surface area contributed by atoms with Crippen LogP contribution in [0.2, 0.25) is 0 Å². The Hall–Kier alpha value is -3.42. The van der Waals surface area contributed by atoms with Crippen LogP contribution in [0.1, 0.15) is 35.6 Å². The number of pyridine rings is 1. The van der Waals surface area contributed by atoms with Gasteiger partial charge in [-0.05, 0) is 37.5 Å². The fraction of sp³-hybridized carbons (Fsp3) is 0.292. The van der Waals surface area contributed by atoms with E-state index in [1.807, 2.05) is 43.3 Å². The molecule has 2 N–H and O–H groups in total. The highest BCUT2D eigenvalue weighted by molar-refractivity contribution is 8.26.